The normalized spacial score (nSPS) is 20.4. The molecule has 0 aromatic carbocycles. The SMILES string of the molecule is CCCn1cc(C2(O)CCCCC2)cn1. The average Bonchev–Trinajstić information content (AvgIpc) is 2.69. The van der Waals surface area contributed by atoms with Gasteiger partial charge in [-0.1, -0.05) is 26.2 Å². The predicted molar refractivity (Wildman–Crippen MR) is 59.5 cm³/mol. The Labute approximate surface area is 91.1 Å². The minimum atomic E-state index is -0.593. The van der Waals surface area contributed by atoms with Gasteiger partial charge in [0, 0.05) is 18.3 Å². The highest BCUT2D eigenvalue weighted by Crippen LogP contribution is 2.36. The lowest BCUT2D eigenvalue weighted by molar-refractivity contribution is -0.000709. The fourth-order valence-corrected chi connectivity index (χ4v) is 2.38. The van der Waals surface area contributed by atoms with Gasteiger partial charge in [-0.25, -0.2) is 0 Å². The quantitative estimate of drug-likeness (QED) is 0.828. The van der Waals surface area contributed by atoms with Gasteiger partial charge in [-0.3, -0.25) is 4.68 Å². The Hall–Kier alpha value is -0.830. The van der Waals surface area contributed by atoms with Gasteiger partial charge in [-0.15, -0.1) is 0 Å². The molecule has 1 aromatic rings. The van der Waals surface area contributed by atoms with Crippen molar-refractivity contribution in [1.82, 2.24) is 9.78 Å². The lowest BCUT2D eigenvalue weighted by Crippen LogP contribution is -2.27. The van der Waals surface area contributed by atoms with E-state index in [1.165, 1.54) is 6.42 Å². The third kappa shape index (κ3) is 2.23. The molecule has 0 spiro atoms. The molecule has 0 unspecified atom stereocenters. The van der Waals surface area contributed by atoms with E-state index in [4.69, 9.17) is 0 Å². The van der Waals surface area contributed by atoms with Gasteiger partial charge < -0.3 is 5.11 Å². The topological polar surface area (TPSA) is 38.0 Å². The molecule has 0 amide bonds. The second-order valence-corrected chi connectivity index (χ2v) is 4.58. The molecule has 3 heteroatoms. The van der Waals surface area contributed by atoms with E-state index in [1.54, 1.807) is 0 Å². The number of aliphatic hydroxyl groups is 1. The molecular formula is C12H20N2O. The van der Waals surface area contributed by atoms with Crippen LogP contribution in [0.4, 0.5) is 0 Å². The van der Waals surface area contributed by atoms with Crippen LogP contribution < -0.4 is 0 Å². The van der Waals surface area contributed by atoms with Crippen molar-refractivity contribution in [2.24, 2.45) is 0 Å². The maximum atomic E-state index is 10.5. The summed E-state index contributed by atoms with van der Waals surface area (Å²) >= 11 is 0. The molecule has 15 heavy (non-hydrogen) atoms. The molecule has 1 aliphatic carbocycles. The van der Waals surface area contributed by atoms with Crippen molar-refractivity contribution in [3.8, 4) is 0 Å². The van der Waals surface area contributed by atoms with Crippen molar-refractivity contribution >= 4 is 0 Å². The van der Waals surface area contributed by atoms with Crippen LogP contribution in [0.1, 0.15) is 51.0 Å². The number of aryl methyl sites for hydroxylation is 1. The Balaban J connectivity index is 2.12. The molecule has 0 saturated heterocycles. The molecule has 1 fully saturated rings. The van der Waals surface area contributed by atoms with Gasteiger partial charge in [0.1, 0.15) is 0 Å². The number of hydrogen-bond acceptors (Lipinski definition) is 2. The second kappa shape index (κ2) is 4.35. The zero-order valence-corrected chi connectivity index (χ0v) is 9.45. The van der Waals surface area contributed by atoms with Gasteiger partial charge in [-0.05, 0) is 19.3 Å². The monoisotopic (exact) mass is 208 g/mol. The summed E-state index contributed by atoms with van der Waals surface area (Å²) in [6.45, 7) is 3.08. The maximum absolute atomic E-state index is 10.5. The maximum Gasteiger partial charge on any atom is 0.0926 e. The highest BCUT2D eigenvalue weighted by molar-refractivity contribution is 5.15. The Morgan fingerprint density at radius 2 is 2.13 bits per heavy atom. The number of hydrogen-bond donors (Lipinski definition) is 1. The molecule has 0 atom stereocenters. The molecule has 1 aromatic heterocycles. The van der Waals surface area contributed by atoms with Gasteiger partial charge in [0.15, 0.2) is 0 Å². The number of aromatic nitrogens is 2. The molecule has 3 nitrogen and oxygen atoms in total. The molecule has 2 rings (SSSR count). The third-order valence-corrected chi connectivity index (χ3v) is 3.30. The molecule has 1 saturated carbocycles. The van der Waals surface area contributed by atoms with E-state index in [9.17, 15) is 5.11 Å². The standard InChI is InChI=1S/C12H20N2O/c1-2-8-14-10-11(9-13-14)12(15)6-4-3-5-7-12/h9-10,15H,2-8H2,1H3. The molecule has 1 aliphatic rings. The molecule has 0 bridgehead atoms. The van der Waals surface area contributed by atoms with Crippen molar-refractivity contribution in [1.29, 1.82) is 0 Å². The zero-order chi connectivity index (χ0) is 10.7. The van der Waals surface area contributed by atoms with Crippen molar-refractivity contribution in [2.75, 3.05) is 0 Å². The van der Waals surface area contributed by atoms with Gasteiger partial charge in [0.2, 0.25) is 0 Å². The van der Waals surface area contributed by atoms with Gasteiger partial charge >= 0.3 is 0 Å². The lowest BCUT2D eigenvalue weighted by atomic mass is 9.81. The first kappa shape index (κ1) is 10.7. The molecule has 1 heterocycles. The molecule has 1 N–H and O–H groups in total. The Morgan fingerprint density at radius 1 is 1.40 bits per heavy atom. The minimum Gasteiger partial charge on any atom is -0.385 e. The van der Waals surface area contributed by atoms with Gasteiger partial charge in [0.05, 0.1) is 11.8 Å². The smallest absolute Gasteiger partial charge is 0.0926 e. The highest BCUT2D eigenvalue weighted by Gasteiger charge is 2.32. The lowest BCUT2D eigenvalue weighted by Gasteiger charge is -2.30. The largest absolute Gasteiger partial charge is 0.385 e. The Kier molecular flexibility index (Phi) is 3.10. The molecular weight excluding hydrogens is 188 g/mol. The van der Waals surface area contributed by atoms with E-state index in [0.717, 1.165) is 44.2 Å². The van der Waals surface area contributed by atoms with Gasteiger partial charge in [-0.2, -0.15) is 5.10 Å². The van der Waals surface area contributed by atoms with E-state index >= 15 is 0 Å². The van der Waals surface area contributed by atoms with E-state index in [1.807, 2.05) is 17.1 Å². The average molecular weight is 208 g/mol. The molecule has 0 aliphatic heterocycles. The van der Waals surface area contributed by atoms with Crippen LogP contribution in [-0.2, 0) is 12.1 Å². The van der Waals surface area contributed by atoms with Crippen molar-refractivity contribution in [3.63, 3.8) is 0 Å². The summed E-state index contributed by atoms with van der Waals surface area (Å²) in [7, 11) is 0. The van der Waals surface area contributed by atoms with Crippen LogP contribution in [0.25, 0.3) is 0 Å². The van der Waals surface area contributed by atoms with E-state index < -0.39 is 5.60 Å². The summed E-state index contributed by atoms with van der Waals surface area (Å²) in [5.74, 6) is 0. The first-order chi connectivity index (χ1) is 7.24. The van der Waals surface area contributed by atoms with Crippen LogP contribution >= 0.6 is 0 Å². The van der Waals surface area contributed by atoms with E-state index in [-0.39, 0.29) is 0 Å². The molecule has 84 valence electrons. The summed E-state index contributed by atoms with van der Waals surface area (Å²) in [5.41, 5.74) is 0.417. The van der Waals surface area contributed by atoms with Crippen LogP contribution in [0.2, 0.25) is 0 Å². The minimum absolute atomic E-state index is 0.593. The Bertz CT molecular complexity index is 313. The summed E-state index contributed by atoms with van der Waals surface area (Å²) in [4.78, 5) is 0. The summed E-state index contributed by atoms with van der Waals surface area (Å²) < 4.78 is 1.93. The van der Waals surface area contributed by atoms with Crippen LogP contribution in [0, 0.1) is 0 Å². The van der Waals surface area contributed by atoms with Crippen LogP contribution in [0.5, 0.6) is 0 Å². The Morgan fingerprint density at radius 3 is 2.80 bits per heavy atom. The van der Waals surface area contributed by atoms with Crippen LogP contribution in [-0.4, -0.2) is 14.9 Å². The van der Waals surface area contributed by atoms with Crippen molar-refractivity contribution in [3.05, 3.63) is 18.0 Å². The van der Waals surface area contributed by atoms with Crippen molar-refractivity contribution in [2.45, 2.75) is 57.6 Å². The number of nitrogens with zero attached hydrogens (tertiary/aromatic N) is 2. The van der Waals surface area contributed by atoms with Crippen LogP contribution in [0.15, 0.2) is 12.4 Å². The second-order valence-electron chi connectivity index (χ2n) is 4.58. The number of rotatable bonds is 3. The summed E-state index contributed by atoms with van der Waals surface area (Å²) in [6, 6.07) is 0. The van der Waals surface area contributed by atoms with Crippen molar-refractivity contribution < 1.29 is 5.11 Å². The van der Waals surface area contributed by atoms with E-state index in [2.05, 4.69) is 12.0 Å². The third-order valence-electron chi connectivity index (χ3n) is 3.30. The first-order valence-corrected chi connectivity index (χ1v) is 6.00. The predicted octanol–water partition coefficient (Wildman–Crippen LogP) is 2.44. The fraction of sp³-hybridized carbons (Fsp3) is 0.750. The summed E-state index contributed by atoms with van der Waals surface area (Å²) in [6.07, 6.45) is 10.2. The van der Waals surface area contributed by atoms with Gasteiger partial charge in [0.25, 0.3) is 0 Å². The zero-order valence-electron chi connectivity index (χ0n) is 9.45. The molecule has 0 radical (unpaired) electrons. The fourth-order valence-electron chi connectivity index (χ4n) is 2.38. The highest BCUT2D eigenvalue weighted by atomic mass is 16.3. The van der Waals surface area contributed by atoms with E-state index in [0.29, 0.717) is 0 Å². The first-order valence-electron chi connectivity index (χ1n) is 6.00. The summed E-state index contributed by atoms with van der Waals surface area (Å²) in [5, 5.41) is 14.8. The van der Waals surface area contributed by atoms with Crippen LogP contribution in [0.3, 0.4) is 0 Å².